The molecule has 0 atom stereocenters. The summed E-state index contributed by atoms with van der Waals surface area (Å²) in [7, 11) is 0. The fourth-order valence-electron chi connectivity index (χ4n) is 1.85. The van der Waals surface area contributed by atoms with Gasteiger partial charge in [0, 0.05) is 11.8 Å². The van der Waals surface area contributed by atoms with Gasteiger partial charge in [0.2, 0.25) is 5.91 Å². The second-order valence-corrected chi connectivity index (χ2v) is 5.02. The monoisotopic (exact) mass is 331 g/mol. The van der Waals surface area contributed by atoms with Crippen molar-refractivity contribution >= 4 is 17.5 Å². The van der Waals surface area contributed by atoms with E-state index in [0.29, 0.717) is 11.5 Å². The Morgan fingerprint density at radius 2 is 2.04 bits per heavy atom. The van der Waals surface area contributed by atoms with E-state index in [1.807, 2.05) is 0 Å². The number of nitrogens with one attached hydrogen (secondary N) is 2. The normalized spacial score (nSPS) is 11.1. The van der Waals surface area contributed by atoms with Crippen molar-refractivity contribution in [1.82, 2.24) is 10.7 Å². The van der Waals surface area contributed by atoms with Gasteiger partial charge in [-0.3, -0.25) is 9.59 Å². The maximum atomic E-state index is 11.9. The van der Waals surface area contributed by atoms with Crippen LogP contribution in [-0.4, -0.2) is 27.7 Å². The highest BCUT2D eigenvalue weighted by Gasteiger charge is 2.11. The van der Waals surface area contributed by atoms with Crippen LogP contribution in [0.15, 0.2) is 46.1 Å². The SMILES string of the molecule is C/C(CC(=O)NCc1ccco1)=N\NC(=O)c1ccc(O)cc1O. The van der Waals surface area contributed by atoms with E-state index in [4.69, 9.17) is 4.42 Å². The quantitative estimate of drug-likeness (QED) is 0.472. The fraction of sp³-hybridized carbons (Fsp3) is 0.188. The molecular weight excluding hydrogens is 314 g/mol. The van der Waals surface area contributed by atoms with E-state index < -0.39 is 5.91 Å². The first kappa shape index (κ1) is 17.1. The first-order chi connectivity index (χ1) is 11.5. The number of aromatic hydroxyl groups is 2. The molecular formula is C16H17N3O5. The van der Waals surface area contributed by atoms with Crippen LogP contribution in [0.2, 0.25) is 0 Å². The standard InChI is InChI=1S/C16H17N3O5/c1-10(7-15(22)17-9-12-3-2-6-24-12)18-19-16(23)13-5-4-11(20)8-14(13)21/h2-6,8,20-21H,7,9H2,1H3,(H,17,22)(H,19,23)/b18-10+. The van der Waals surface area contributed by atoms with Crippen LogP contribution in [0.25, 0.3) is 0 Å². The highest BCUT2D eigenvalue weighted by Crippen LogP contribution is 2.22. The number of benzene rings is 1. The van der Waals surface area contributed by atoms with E-state index in [-0.39, 0.29) is 35.9 Å². The number of amides is 2. The largest absolute Gasteiger partial charge is 0.508 e. The lowest BCUT2D eigenvalue weighted by atomic mass is 10.2. The Kier molecular flexibility index (Phi) is 5.56. The molecule has 0 saturated carbocycles. The van der Waals surface area contributed by atoms with Crippen LogP contribution >= 0.6 is 0 Å². The summed E-state index contributed by atoms with van der Waals surface area (Å²) in [6.07, 6.45) is 1.52. The van der Waals surface area contributed by atoms with Gasteiger partial charge in [0.05, 0.1) is 24.8 Å². The van der Waals surface area contributed by atoms with Crippen molar-refractivity contribution in [1.29, 1.82) is 0 Å². The lowest BCUT2D eigenvalue weighted by molar-refractivity contribution is -0.120. The maximum Gasteiger partial charge on any atom is 0.275 e. The minimum Gasteiger partial charge on any atom is -0.508 e. The second kappa shape index (κ2) is 7.82. The Hall–Kier alpha value is -3.29. The molecule has 0 saturated heterocycles. The van der Waals surface area contributed by atoms with E-state index in [1.165, 1.54) is 18.4 Å². The van der Waals surface area contributed by atoms with Crippen LogP contribution in [0.3, 0.4) is 0 Å². The molecule has 8 heteroatoms. The van der Waals surface area contributed by atoms with Gasteiger partial charge in [-0.1, -0.05) is 0 Å². The Morgan fingerprint density at radius 1 is 1.25 bits per heavy atom. The van der Waals surface area contributed by atoms with Crippen molar-refractivity contribution in [3.63, 3.8) is 0 Å². The number of carbonyl (C=O) groups is 2. The summed E-state index contributed by atoms with van der Waals surface area (Å²) in [6.45, 7) is 1.86. The Morgan fingerprint density at radius 3 is 2.71 bits per heavy atom. The van der Waals surface area contributed by atoms with E-state index in [2.05, 4.69) is 15.8 Å². The molecule has 0 bridgehead atoms. The molecule has 0 unspecified atom stereocenters. The smallest absolute Gasteiger partial charge is 0.275 e. The van der Waals surface area contributed by atoms with Crippen molar-refractivity contribution in [2.45, 2.75) is 19.9 Å². The van der Waals surface area contributed by atoms with Gasteiger partial charge in [0.15, 0.2) is 0 Å². The number of hydrazone groups is 1. The summed E-state index contributed by atoms with van der Waals surface area (Å²) >= 11 is 0. The average molecular weight is 331 g/mol. The van der Waals surface area contributed by atoms with E-state index in [0.717, 1.165) is 6.07 Å². The van der Waals surface area contributed by atoms with Gasteiger partial charge < -0.3 is 19.9 Å². The molecule has 1 heterocycles. The topological polar surface area (TPSA) is 124 Å². The fourth-order valence-corrected chi connectivity index (χ4v) is 1.85. The zero-order valence-corrected chi connectivity index (χ0v) is 12.9. The third kappa shape index (κ3) is 4.87. The van der Waals surface area contributed by atoms with Crippen LogP contribution in [0.5, 0.6) is 11.5 Å². The minimum absolute atomic E-state index is 0.00253. The van der Waals surface area contributed by atoms with Crippen molar-refractivity contribution in [3.8, 4) is 11.5 Å². The molecule has 126 valence electrons. The molecule has 2 rings (SSSR count). The lowest BCUT2D eigenvalue weighted by Crippen LogP contribution is -2.26. The number of rotatable bonds is 6. The average Bonchev–Trinajstić information content (AvgIpc) is 3.04. The summed E-state index contributed by atoms with van der Waals surface area (Å²) in [5.41, 5.74) is 2.59. The van der Waals surface area contributed by atoms with Gasteiger partial charge in [0.25, 0.3) is 5.91 Å². The summed E-state index contributed by atoms with van der Waals surface area (Å²) < 4.78 is 5.09. The summed E-state index contributed by atoms with van der Waals surface area (Å²) in [5, 5.41) is 25.2. The predicted octanol–water partition coefficient (Wildman–Crippen LogP) is 1.50. The van der Waals surface area contributed by atoms with Crippen molar-refractivity contribution in [2.24, 2.45) is 5.10 Å². The first-order valence-corrected chi connectivity index (χ1v) is 7.10. The zero-order chi connectivity index (χ0) is 17.5. The van der Waals surface area contributed by atoms with Crippen LogP contribution in [0.4, 0.5) is 0 Å². The summed E-state index contributed by atoms with van der Waals surface area (Å²) in [4.78, 5) is 23.6. The Labute approximate surface area is 137 Å². The molecule has 8 nitrogen and oxygen atoms in total. The third-order valence-corrected chi connectivity index (χ3v) is 3.03. The molecule has 1 aromatic heterocycles. The maximum absolute atomic E-state index is 11.9. The molecule has 4 N–H and O–H groups in total. The lowest BCUT2D eigenvalue weighted by Gasteiger charge is -2.05. The molecule has 24 heavy (non-hydrogen) atoms. The van der Waals surface area contributed by atoms with E-state index >= 15 is 0 Å². The molecule has 0 radical (unpaired) electrons. The zero-order valence-electron chi connectivity index (χ0n) is 12.9. The molecule has 0 aliphatic heterocycles. The predicted molar refractivity (Wildman–Crippen MR) is 85.5 cm³/mol. The highest BCUT2D eigenvalue weighted by atomic mass is 16.3. The number of phenols is 2. The molecule has 0 spiro atoms. The van der Waals surface area contributed by atoms with Crippen molar-refractivity contribution in [2.75, 3.05) is 0 Å². The Balaban J connectivity index is 1.84. The van der Waals surface area contributed by atoms with Gasteiger partial charge in [0.1, 0.15) is 17.3 Å². The van der Waals surface area contributed by atoms with Crippen LogP contribution in [0.1, 0.15) is 29.5 Å². The number of hydrogen-bond donors (Lipinski definition) is 4. The van der Waals surface area contributed by atoms with Crippen molar-refractivity contribution in [3.05, 3.63) is 47.9 Å². The molecule has 0 aliphatic carbocycles. The third-order valence-electron chi connectivity index (χ3n) is 3.03. The Bertz CT molecular complexity index is 753. The van der Waals surface area contributed by atoms with Gasteiger partial charge in [-0.2, -0.15) is 5.10 Å². The van der Waals surface area contributed by atoms with Crippen LogP contribution in [-0.2, 0) is 11.3 Å². The van der Waals surface area contributed by atoms with Gasteiger partial charge in [-0.05, 0) is 31.2 Å². The minimum atomic E-state index is -0.650. The number of nitrogens with zero attached hydrogens (tertiary/aromatic N) is 1. The van der Waals surface area contributed by atoms with Gasteiger partial charge in [-0.15, -0.1) is 0 Å². The van der Waals surface area contributed by atoms with Gasteiger partial charge >= 0.3 is 0 Å². The summed E-state index contributed by atoms with van der Waals surface area (Å²) in [5.74, 6) is -0.806. The molecule has 2 aromatic rings. The number of furan rings is 1. The van der Waals surface area contributed by atoms with Crippen LogP contribution in [0, 0.1) is 0 Å². The van der Waals surface area contributed by atoms with Crippen LogP contribution < -0.4 is 10.7 Å². The molecule has 0 aliphatic rings. The van der Waals surface area contributed by atoms with E-state index in [9.17, 15) is 19.8 Å². The number of phenolic OH excluding ortho intramolecular Hbond substituents is 2. The number of hydrogen-bond acceptors (Lipinski definition) is 6. The van der Waals surface area contributed by atoms with Crippen molar-refractivity contribution < 1.29 is 24.2 Å². The van der Waals surface area contributed by atoms with Gasteiger partial charge in [-0.25, -0.2) is 5.43 Å². The molecule has 1 aromatic carbocycles. The van der Waals surface area contributed by atoms with E-state index in [1.54, 1.807) is 19.1 Å². The first-order valence-electron chi connectivity index (χ1n) is 7.10. The summed E-state index contributed by atoms with van der Waals surface area (Å²) in [6, 6.07) is 7.05. The molecule has 0 fully saturated rings. The number of carbonyl (C=O) groups excluding carboxylic acids is 2. The highest BCUT2D eigenvalue weighted by molar-refractivity contribution is 6.01. The second-order valence-electron chi connectivity index (χ2n) is 5.02. The molecule has 2 amide bonds.